The number of carbonyl (C=O) groups excluding carboxylic acids is 2. The average molecular weight is 285 g/mol. The molecule has 0 unspecified atom stereocenters. The molecule has 0 aliphatic heterocycles. The highest BCUT2D eigenvalue weighted by Crippen LogP contribution is 2.16. The maximum absolute atomic E-state index is 12.0. The number of anilines is 2. The van der Waals surface area contributed by atoms with E-state index in [0.717, 1.165) is 0 Å². The van der Waals surface area contributed by atoms with Crippen LogP contribution in [0.4, 0.5) is 11.4 Å². The maximum atomic E-state index is 12.0. The van der Waals surface area contributed by atoms with E-state index in [1.54, 1.807) is 36.4 Å². The number of methoxy groups -OCH3 is 1. The van der Waals surface area contributed by atoms with Crippen molar-refractivity contribution in [3.05, 3.63) is 53.9 Å². The first-order chi connectivity index (χ1) is 10.1. The van der Waals surface area contributed by atoms with Gasteiger partial charge in [0.15, 0.2) is 0 Å². The fourth-order valence-electron chi connectivity index (χ4n) is 1.77. The van der Waals surface area contributed by atoms with Crippen LogP contribution in [0.5, 0.6) is 0 Å². The van der Waals surface area contributed by atoms with Gasteiger partial charge in [-0.3, -0.25) is 4.79 Å². The van der Waals surface area contributed by atoms with Crippen molar-refractivity contribution in [3.8, 4) is 0 Å². The third kappa shape index (κ3) is 3.79. The topological polar surface area (TPSA) is 94.3 Å². The number of hydrogen-bond donors (Lipinski definition) is 2. The van der Waals surface area contributed by atoms with Gasteiger partial charge in [0.1, 0.15) is 5.69 Å². The molecule has 3 N–H and O–H groups in total. The minimum Gasteiger partial charge on any atom is -0.464 e. The van der Waals surface area contributed by atoms with E-state index in [0.29, 0.717) is 17.1 Å². The Morgan fingerprint density at radius 2 is 1.95 bits per heavy atom. The number of nitrogens with one attached hydrogen (secondary N) is 1. The SMILES string of the molecule is COC(=O)c1cccc(CC(=O)Nc2ccccc2N)n1. The van der Waals surface area contributed by atoms with Crippen LogP contribution in [0.25, 0.3) is 0 Å². The predicted molar refractivity (Wildman–Crippen MR) is 78.8 cm³/mol. The normalized spacial score (nSPS) is 9.95. The summed E-state index contributed by atoms with van der Waals surface area (Å²) >= 11 is 0. The number of hydrogen-bond acceptors (Lipinski definition) is 5. The molecular weight excluding hydrogens is 270 g/mol. The highest BCUT2D eigenvalue weighted by Gasteiger charge is 2.11. The lowest BCUT2D eigenvalue weighted by molar-refractivity contribution is -0.115. The fourth-order valence-corrected chi connectivity index (χ4v) is 1.77. The van der Waals surface area contributed by atoms with E-state index in [-0.39, 0.29) is 18.0 Å². The molecule has 0 spiro atoms. The number of nitrogens with two attached hydrogens (primary N) is 1. The molecule has 0 radical (unpaired) electrons. The Morgan fingerprint density at radius 1 is 1.19 bits per heavy atom. The molecule has 21 heavy (non-hydrogen) atoms. The summed E-state index contributed by atoms with van der Waals surface area (Å²) in [5.41, 5.74) is 7.43. The summed E-state index contributed by atoms with van der Waals surface area (Å²) in [5, 5.41) is 2.70. The highest BCUT2D eigenvalue weighted by atomic mass is 16.5. The first-order valence-corrected chi connectivity index (χ1v) is 6.28. The van der Waals surface area contributed by atoms with Gasteiger partial charge < -0.3 is 15.8 Å². The van der Waals surface area contributed by atoms with E-state index in [2.05, 4.69) is 15.0 Å². The van der Waals surface area contributed by atoms with Crippen LogP contribution in [0.3, 0.4) is 0 Å². The standard InChI is InChI=1S/C15H15N3O3/c1-21-15(20)13-8-4-5-10(17-13)9-14(19)18-12-7-3-2-6-11(12)16/h2-8H,9,16H2,1H3,(H,18,19). The van der Waals surface area contributed by atoms with Crippen LogP contribution in [0.1, 0.15) is 16.2 Å². The number of aromatic nitrogens is 1. The van der Waals surface area contributed by atoms with E-state index in [9.17, 15) is 9.59 Å². The van der Waals surface area contributed by atoms with Crippen molar-refractivity contribution < 1.29 is 14.3 Å². The molecule has 0 bridgehead atoms. The van der Waals surface area contributed by atoms with Crippen molar-refractivity contribution in [1.82, 2.24) is 4.98 Å². The highest BCUT2D eigenvalue weighted by molar-refractivity contribution is 5.95. The summed E-state index contributed by atoms with van der Waals surface area (Å²) in [6.07, 6.45) is 0.0408. The molecule has 2 rings (SSSR count). The Hall–Kier alpha value is -2.89. The molecule has 0 aliphatic carbocycles. The van der Waals surface area contributed by atoms with E-state index in [1.165, 1.54) is 13.2 Å². The number of amides is 1. The van der Waals surface area contributed by atoms with Crippen LogP contribution in [0, 0.1) is 0 Å². The number of esters is 1. The minimum atomic E-state index is -0.537. The second-order valence-electron chi connectivity index (χ2n) is 4.32. The van der Waals surface area contributed by atoms with Gasteiger partial charge in [0.25, 0.3) is 0 Å². The van der Waals surface area contributed by atoms with Crippen LogP contribution < -0.4 is 11.1 Å². The van der Waals surface area contributed by atoms with E-state index in [1.807, 2.05) is 0 Å². The largest absolute Gasteiger partial charge is 0.464 e. The zero-order valence-corrected chi connectivity index (χ0v) is 11.5. The number of pyridine rings is 1. The van der Waals surface area contributed by atoms with Gasteiger partial charge in [-0.25, -0.2) is 9.78 Å². The molecule has 2 aromatic rings. The number of para-hydroxylation sites is 2. The lowest BCUT2D eigenvalue weighted by Gasteiger charge is -2.08. The Labute approximate surface area is 121 Å². The molecular formula is C15H15N3O3. The number of nitrogen functional groups attached to an aromatic ring is 1. The summed E-state index contributed by atoms with van der Waals surface area (Å²) in [6, 6.07) is 11.8. The Morgan fingerprint density at radius 3 is 2.67 bits per heavy atom. The third-order valence-electron chi connectivity index (χ3n) is 2.78. The zero-order valence-electron chi connectivity index (χ0n) is 11.5. The molecule has 1 aromatic carbocycles. The molecule has 108 valence electrons. The molecule has 0 aliphatic rings. The average Bonchev–Trinajstić information content (AvgIpc) is 2.49. The third-order valence-corrected chi connectivity index (χ3v) is 2.78. The number of carbonyl (C=O) groups is 2. The Balaban J connectivity index is 2.06. The summed E-state index contributed by atoms with van der Waals surface area (Å²) < 4.78 is 4.59. The van der Waals surface area contributed by atoms with Gasteiger partial charge >= 0.3 is 5.97 Å². The minimum absolute atomic E-state index is 0.0408. The number of rotatable bonds is 4. The van der Waals surface area contributed by atoms with Crippen LogP contribution in [0.2, 0.25) is 0 Å². The van der Waals surface area contributed by atoms with Crippen LogP contribution in [0.15, 0.2) is 42.5 Å². The van der Waals surface area contributed by atoms with Gasteiger partial charge in [0, 0.05) is 0 Å². The Kier molecular flexibility index (Phi) is 4.50. The summed E-state index contributed by atoms with van der Waals surface area (Å²) in [7, 11) is 1.28. The fraction of sp³-hybridized carbons (Fsp3) is 0.133. The molecule has 1 heterocycles. The number of ether oxygens (including phenoxy) is 1. The smallest absolute Gasteiger partial charge is 0.356 e. The molecule has 6 nitrogen and oxygen atoms in total. The van der Waals surface area contributed by atoms with Gasteiger partial charge in [0.05, 0.1) is 30.6 Å². The molecule has 0 saturated heterocycles. The van der Waals surface area contributed by atoms with Gasteiger partial charge in [-0.05, 0) is 24.3 Å². The molecule has 0 saturated carbocycles. The lowest BCUT2D eigenvalue weighted by atomic mass is 10.2. The van der Waals surface area contributed by atoms with Crippen molar-refractivity contribution in [2.75, 3.05) is 18.2 Å². The van der Waals surface area contributed by atoms with Gasteiger partial charge in [-0.2, -0.15) is 0 Å². The Bertz CT molecular complexity index is 671. The first-order valence-electron chi connectivity index (χ1n) is 6.28. The molecule has 0 atom stereocenters. The van der Waals surface area contributed by atoms with Gasteiger partial charge in [-0.15, -0.1) is 0 Å². The van der Waals surface area contributed by atoms with Crippen molar-refractivity contribution in [1.29, 1.82) is 0 Å². The quantitative estimate of drug-likeness (QED) is 0.657. The van der Waals surface area contributed by atoms with Crippen molar-refractivity contribution in [2.24, 2.45) is 0 Å². The number of benzene rings is 1. The summed E-state index contributed by atoms with van der Waals surface area (Å²) in [5.74, 6) is -0.799. The first kappa shape index (κ1) is 14.5. The number of nitrogens with zero attached hydrogens (tertiary/aromatic N) is 1. The lowest BCUT2D eigenvalue weighted by Crippen LogP contribution is -2.17. The second kappa shape index (κ2) is 6.51. The van der Waals surface area contributed by atoms with Crippen LogP contribution in [-0.2, 0) is 16.0 Å². The second-order valence-corrected chi connectivity index (χ2v) is 4.32. The van der Waals surface area contributed by atoms with Gasteiger partial charge in [0.2, 0.25) is 5.91 Å². The molecule has 0 fully saturated rings. The van der Waals surface area contributed by atoms with Crippen molar-refractivity contribution >= 4 is 23.3 Å². The molecule has 6 heteroatoms. The van der Waals surface area contributed by atoms with Crippen molar-refractivity contribution in [3.63, 3.8) is 0 Å². The van der Waals surface area contributed by atoms with Crippen LogP contribution >= 0.6 is 0 Å². The molecule has 1 aromatic heterocycles. The summed E-state index contributed by atoms with van der Waals surface area (Å²) in [6.45, 7) is 0. The monoisotopic (exact) mass is 285 g/mol. The van der Waals surface area contributed by atoms with E-state index in [4.69, 9.17) is 5.73 Å². The zero-order chi connectivity index (χ0) is 15.2. The maximum Gasteiger partial charge on any atom is 0.356 e. The molecule has 1 amide bonds. The van der Waals surface area contributed by atoms with E-state index >= 15 is 0 Å². The van der Waals surface area contributed by atoms with Crippen LogP contribution in [-0.4, -0.2) is 24.0 Å². The summed E-state index contributed by atoms with van der Waals surface area (Å²) in [4.78, 5) is 27.4. The van der Waals surface area contributed by atoms with Crippen molar-refractivity contribution in [2.45, 2.75) is 6.42 Å². The predicted octanol–water partition coefficient (Wildman–Crippen LogP) is 1.63. The van der Waals surface area contributed by atoms with E-state index < -0.39 is 5.97 Å². The van der Waals surface area contributed by atoms with Gasteiger partial charge in [-0.1, -0.05) is 18.2 Å².